The summed E-state index contributed by atoms with van der Waals surface area (Å²) >= 11 is 0. The number of anilines is 1. The number of imidazole rings is 1. The van der Waals surface area contributed by atoms with Crippen molar-refractivity contribution in [1.29, 1.82) is 0 Å². The molecule has 0 aliphatic rings. The molecule has 0 atom stereocenters. The molecule has 3 aromatic rings. The third kappa shape index (κ3) is 2.13. The zero-order valence-corrected chi connectivity index (χ0v) is 10.5. The number of nitrogens with one attached hydrogen (secondary N) is 1. The van der Waals surface area contributed by atoms with Gasteiger partial charge in [-0.15, -0.1) is 0 Å². The molecule has 0 radical (unpaired) electrons. The van der Waals surface area contributed by atoms with E-state index in [0.717, 1.165) is 5.56 Å². The highest BCUT2D eigenvalue weighted by atomic mass is 19.1. The predicted molar refractivity (Wildman–Crippen MR) is 72.7 cm³/mol. The van der Waals surface area contributed by atoms with Crippen molar-refractivity contribution in [3.8, 4) is 0 Å². The fraction of sp³-hybridized carbons (Fsp3) is 0.154. The second-order valence-electron chi connectivity index (χ2n) is 4.40. The van der Waals surface area contributed by atoms with E-state index in [1.165, 1.54) is 23.0 Å². The molecule has 0 amide bonds. The van der Waals surface area contributed by atoms with Crippen LogP contribution in [0.3, 0.4) is 0 Å². The lowest BCUT2D eigenvalue weighted by Gasteiger charge is -2.08. The summed E-state index contributed by atoms with van der Waals surface area (Å²) in [5, 5.41) is 0. The molecule has 3 rings (SSSR count). The summed E-state index contributed by atoms with van der Waals surface area (Å²) in [4.78, 5) is 22.9. The van der Waals surface area contributed by atoms with Gasteiger partial charge in [0.1, 0.15) is 5.82 Å². The van der Waals surface area contributed by atoms with Crippen LogP contribution in [0.2, 0.25) is 0 Å². The molecule has 2 heterocycles. The molecule has 0 bridgehead atoms. The Bertz CT molecular complexity index is 806. The smallest absolute Gasteiger partial charge is 0.280 e. The Hall–Kier alpha value is -2.70. The van der Waals surface area contributed by atoms with Crippen LogP contribution in [0.4, 0.5) is 10.3 Å². The number of aromatic nitrogens is 4. The van der Waals surface area contributed by atoms with Crippen LogP contribution in [0.15, 0.2) is 35.4 Å². The molecule has 0 saturated heterocycles. The first kappa shape index (κ1) is 12.3. The van der Waals surface area contributed by atoms with Crippen LogP contribution < -0.4 is 11.3 Å². The monoisotopic (exact) mass is 273 g/mol. The molecule has 20 heavy (non-hydrogen) atoms. The van der Waals surface area contributed by atoms with Crippen LogP contribution in [0.1, 0.15) is 5.56 Å². The van der Waals surface area contributed by atoms with Crippen LogP contribution in [0.25, 0.3) is 11.2 Å². The first-order valence-electron chi connectivity index (χ1n) is 6.09. The number of fused-ring (bicyclic) bond motifs is 1. The van der Waals surface area contributed by atoms with Gasteiger partial charge >= 0.3 is 0 Å². The zero-order valence-electron chi connectivity index (χ0n) is 10.5. The second kappa shape index (κ2) is 4.76. The third-order valence-corrected chi connectivity index (χ3v) is 3.11. The lowest BCUT2D eigenvalue weighted by Crippen LogP contribution is -2.25. The number of halogens is 1. The van der Waals surface area contributed by atoms with Crippen molar-refractivity contribution in [2.45, 2.75) is 13.0 Å². The van der Waals surface area contributed by atoms with Gasteiger partial charge in [0.15, 0.2) is 11.2 Å². The van der Waals surface area contributed by atoms with E-state index in [9.17, 15) is 9.18 Å². The van der Waals surface area contributed by atoms with Crippen LogP contribution in [0.5, 0.6) is 0 Å². The van der Waals surface area contributed by atoms with Crippen molar-refractivity contribution in [3.63, 3.8) is 0 Å². The predicted octanol–water partition coefficient (Wildman–Crippen LogP) is 1.08. The number of H-pyrrole nitrogens is 1. The molecule has 7 heteroatoms. The van der Waals surface area contributed by atoms with Crippen molar-refractivity contribution in [3.05, 3.63) is 52.3 Å². The molecule has 0 aliphatic heterocycles. The third-order valence-electron chi connectivity index (χ3n) is 3.11. The molecular weight excluding hydrogens is 261 g/mol. The minimum atomic E-state index is -0.286. The topological polar surface area (TPSA) is 89.6 Å². The maximum atomic E-state index is 12.8. The summed E-state index contributed by atoms with van der Waals surface area (Å²) in [5.41, 5.74) is 7.08. The Labute approximate surface area is 113 Å². The van der Waals surface area contributed by atoms with E-state index in [2.05, 4.69) is 15.0 Å². The molecule has 0 saturated carbocycles. The maximum absolute atomic E-state index is 12.8. The maximum Gasteiger partial charge on any atom is 0.280 e. The summed E-state index contributed by atoms with van der Waals surface area (Å²) < 4.78 is 14.2. The highest BCUT2D eigenvalue weighted by molar-refractivity contribution is 5.69. The van der Waals surface area contributed by atoms with E-state index < -0.39 is 0 Å². The standard InChI is InChI=1S/C13H12FN5O/c14-9-3-1-8(2-4-9)5-6-19-12(20)10-11(17-7-16-10)18-13(19)15/h1-4,7H,5-6H2,(H2,15,18)(H,16,17). The number of nitrogen functional groups attached to an aromatic ring is 1. The summed E-state index contributed by atoms with van der Waals surface area (Å²) in [6.45, 7) is 0.373. The number of rotatable bonds is 3. The number of hydrogen-bond donors (Lipinski definition) is 2. The lowest BCUT2D eigenvalue weighted by molar-refractivity contribution is 0.625. The van der Waals surface area contributed by atoms with Crippen molar-refractivity contribution >= 4 is 17.1 Å². The van der Waals surface area contributed by atoms with E-state index in [1.54, 1.807) is 12.1 Å². The van der Waals surface area contributed by atoms with Gasteiger partial charge in [-0.05, 0) is 24.1 Å². The van der Waals surface area contributed by atoms with Crippen molar-refractivity contribution in [1.82, 2.24) is 19.5 Å². The van der Waals surface area contributed by atoms with Gasteiger partial charge in [0.2, 0.25) is 5.95 Å². The second-order valence-corrected chi connectivity index (χ2v) is 4.40. The summed E-state index contributed by atoms with van der Waals surface area (Å²) in [6, 6.07) is 6.13. The Balaban J connectivity index is 1.90. The van der Waals surface area contributed by atoms with Crippen LogP contribution in [-0.4, -0.2) is 19.5 Å². The van der Waals surface area contributed by atoms with Gasteiger partial charge in [-0.2, -0.15) is 4.98 Å². The average molecular weight is 273 g/mol. The minimum absolute atomic E-state index is 0.122. The van der Waals surface area contributed by atoms with E-state index in [-0.39, 0.29) is 17.3 Å². The zero-order chi connectivity index (χ0) is 14.1. The average Bonchev–Trinajstić information content (AvgIpc) is 2.89. The largest absolute Gasteiger partial charge is 0.369 e. The minimum Gasteiger partial charge on any atom is -0.369 e. The number of nitrogens with two attached hydrogens (primary N) is 1. The van der Waals surface area contributed by atoms with Gasteiger partial charge < -0.3 is 10.7 Å². The van der Waals surface area contributed by atoms with Crippen LogP contribution in [-0.2, 0) is 13.0 Å². The molecule has 2 aromatic heterocycles. The SMILES string of the molecule is Nc1nc2nc[nH]c2c(=O)n1CCc1ccc(F)cc1. The molecule has 1 aromatic carbocycles. The van der Waals surface area contributed by atoms with E-state index in [4.69, 9.17) is 5.73 Å². The van der Waals surface area contributed by atoms with Crippen LogP contribution >= 0.6 is 0 Å². The van der Waals surface area contributed by atoms with Crippen LogP contribution in [0, 0.1) is 5.82 Å². The molecule has 3 N–H and O–H groups in total. The number of hydrogen-bond acceptors (Lipinski definition) is 4. The first-order chi connectivity index (χ1) is 9.65. The Morgan fingerprint density at radius 2 is 2.05 bits per heavy atom. The van der Waals surface area contributed by atoms with Gasteiger partial charge in [0.25, 0.3) is 5.56 Å². The van der Waals surface area contributed by atoms with Gasteiger partial charge in [-0.3, -0.25) is 9.36 Å². The van der Waals surface area contributed by atoms with E-state index >= 15 is 0 Å². The summed E-state index contributed by atoms with van der Waals surface area (Å²) in [7, 11) is 0. The van der Waals surface area contributed by atoms with Gasteiger partial charge in [-0.1, -0.05) is 12.1 Å². The van der Waals surface area contributed by atoms with Gasteiger partial charge in [0, 0.05) is 6.54 Å². The van der Waals surface area contributed by atoms with Crippen molar-refractivity contribution in [2.24, 2.45) is 0 Å². The quantitative estimate of drug-likeness (QED) is 0.747. The summed E-state index contributed by atoms with van der Waals surface area (Å²) in [5.74, 6) is -0.164. The number of nitrogens with zero attached hydrogens (tertiary/aromatic N) is 3. The fourth-order valence-corrected chi connectivity index (χ4v) is 2.05. The Morgan fingerprint density at radius 3 is 2.80 bits per heavy atom. The molecule has 6 nitrogen and oxygen atoms in total. The van der Waals surface area contributed by atoms with Crippen molar-refractivity contribution < 1.29 is 4.39 Å². The highest BCUT2D eigenvalue weighted by Crippen LogP contribution is 2.07. The Kier molecular flexibility index (Phi) is 2.94. The molecular formula is C13H12FN5O. The van der Waals surface area contributed by atoms with E-state index in [0.29, 0.717) is 24.1 Å². The molecule has 102 valence electrons. The summed E-state index contributed by atoms with van der Waals surface area (Å²) in [6.07, 6.45) is 1.97. The van der Waals surface area contributed by atoms with Gasteiger partial charge in [0.05, 0.1) is 6.33 Å². The van der Waals surface area contributed by atoms with E-state index in [1.807, 2.05) is 0 Å². The molecule has 0 spiro atoms. The first-order valence-corrected chi connectivity index (χ1v) is 6.09. The fourth-order valence-electron chi connectivity index (χ4n) is 2.05. The normalized spacial score (nSPS) is 11.1. The number of benzene rings is 1. The molecule has 0 fully saturated rings. The molecule has 0 aliphatic carbocycles. The number of aromatic amines is 1. The molecule has 0 unspecified atom stereocenters. The highest BCUT2D eigenvalue weighted by Gasteiger charge is 2.10. The van der Waals surface area contributed by atoms with Crippen molar-refractivity contribution in [2.75, 3.05) is 5.73 Å². The Morgan fingerprint density at radius 1 is 1.30 bits per heavy atom. The number of aryl methyl sites for hydroxylation is 1. The van der Waals surface area contributed by atoms with Gasteiger partial charge in [-0.25, -0.2) is 9.37 Å². The lowest BCUT2D eigenvalue weighted by atomic mass is 10.1.